The molecule has 1 amide bonds. The van der Waals surface area contributed by atoms with Crippen LogP contribution in [0.4, 0.5) is 0 Å². The Morgan fingerprint density at radius 3 is 2.82 bits per heavy atom. The van der Waals surface area contributed by atoms with Gasteiger partial charge in [0.25, 0.3) is 5.91 Å². The molecule has 0 spiro atoms. The summed E-state index contributed by atoms with van der Waals surface area (Å²) in [5, 5.41) is 5.91. The highest BCUT2D eigenvalue weighted by Crippen LogP contribution is 2.19. The van der Waals surface area contributed by atoms with Gasteiger partial charge in [0, 0.05) is 32.3 Å². The van der Waals surface area contributed by atoms with Gasteiger partial charge in [0.15, 0.2) is 10.4 Å². The maximum Gasteiger partial charge on any atom is 0.287 e. The lowest BCUT2D eigenvalue weighted by Gasteiger charge is -2.05. The fourth-order valence-electron chi connectivity index (χ4n) is 1.31. The number of carbonyl (C=O) groups excluding carboxylic acids is 1. The number of methoxy groups -OCH3 is 1. The Hall–Kier alpha value is -0.850. The predicted molar refractivity (Wildman–Crippen MR) is 68.2 cm³/mol. The first-order chi connectivity index (χ1) is 8.15. The van der Waals surface area contributed by atoms with Crippen molar-refractivity contribution in [1.82, 2.24) is 10.6 Å². The minimum absolute atomic E-state index is 0.193. The highest BCUT2D eigenvalue weighted by molar-refractivity contribution is 9.10. The number of carbonyl (C=O) groups is 1. The maximum atomic E-state index is 11.7. The van der Waals surface area contributed by atoms with Gasteiger partial charge in [-0.05, 0) is 28.9 Å². The highest BCUT2D eigenvalue weighted by Gasteiger charge is 2.13. The summed E-state index contributed by atoms with van der Waals surface area (Å²) in [6.07, 6.45) is 0. The van der Waals surface area contributed by atoms with Crippen LogP contribution >= 0.6 is 15.9 Å². The molecule has 1 aromatic rings. The van der Waals surface area contributed by atoms with E-state index < -0.39 is 0 Å². The number of furan rings is 1. The SMILES string of the molecule is COCCNCCNC(=O)c1oc(Br)cc1C. The summed E-state index contributed by atoms with van der Waals surface area (Å²) in [6, 6.07) is 1.77. The van der Waals surface area contributed by atoms with Crippen LogP contribution in [0.25, 0.3) is 0 Å². The highest BCUT2D eigenvalue weighted by atomic mass is 79.9. The summed E-state index contributed by atoms with van der Waals surface area (Å²) >= 11 is 3.19. The van der Waals surface area contributed by atoms with Crippen molar-refractivity contribution in [3.63, 3.8) is 0 Å². The standard InChI is InChI=1S/C11H17BrN2O3/c1-8-7-9(12)17-10(8)11(15)14-4-3-13-5-6-16-2/h7,13H,3-6H2,1-2H3,(H,14,15). The van der Waals surface area contributed by atoms with E-state index >= 15 is 0 Å². The van der Waals surface area contributed by atoms with Gasteiger partial charge in [-0.15, -0.1) is 0 Å². The Morgan fingerprint density at radius 2 is 2.24 bits per heavy atom. The average Bonchev–Trinajstić information content (AvgIpc) is 2.62. The van der Waals surface area contributed by atoms with E-state index in [9.17, 15) is 4.79 Å². The first kappa shape index (κ1) is 14.2. The second-order valence-corrected chi connectivity index (χ2v) is 4.34. The number of ether oxygens (including phenoxy) is 1. The lowest BCUT2D eigenvalue weighted by molar-refractivity contribution is 0.0924. The molecule has 0 fully saturated rings. The minimum atomic E-state index is -0.193. The van der Waals surface area contributed by atoms with Gasteiger partial charge in [0.2, 0.25) is 0 Å². The van der Waals surface area contributed by atoms with Crippen molar-refractivity contribution in [2.45, 2.75) is 6.92 Å². The molecule has 1 heterocycles. The Labute approximate surface area is 109 Å². The number of amides is 1. The first-order valence-corrected chi connectivity index (χ1v) is 6.18. The van der Waals surface area contributed by atoms with Gasteiger partial charge in [-0.2, -0.15) is 0 Å². The number of nitrogens with one attached hydrogen (secondary N) is 2. The smallest absolute Gasteiger partial charge is 0.287 e. The molecular formula is C11H17BrN2O3. The third-order valence-corrected chi connectivity index (χ3v) is 2.56. The molecule has 5 nitrogen and oxygen atoms in total. The molecule has 0 bridgehead atoms. The zero-order chi connectivity index (χ0) is 12.7. The van der Waals surface area contributed by atoms with Gasteiger partial charge in [-0.3, -0.25) is 4.79 Å². The third kappa shape index (κ3) is 4.89. The van der Waals surface area contributed by atoms with Gasteiger partial charge in [0.1, 0.15) is 0 Å². The van der Waals surface area contributed by atoms with Crippen molar-refractivity contribution >= 4 is 21.8 Å². The fraction of sp³-hybridized carbons (Fsp3) is 0.545. The zero-order valence-electron chi connectivity index (χ0n) is 10.0. The van der Waals surface area contributed by atoms with Crippen LogP contribution in [0.2, 0.25) is 0 Å². The number of hydrogen-bond donors (Lipinski definition) is 2. The largest absolute Gasteiger partial charge is 0.444 e. The first-order valence-electron chi connectivity index (χ1n) is 5.39. The van der Waals surface area contributed by atoms with E-state index in [1.165, 1.54) is 0 Å². The number of halogens is 1. The molecular weight excluding hydrogens is 288 g/mol. The van der Waals surface area contributed by atoms with Crippen LogP contribution in [0.1, 0.15) is 16.1 Å². The van der Waals surface area contributed by atoms with Gasteiger partial charge >= 0.3 is 0 Å². The average molecular weight is 305 g/mol. The van der Waals surface area contributed by atoms with Gasteiger partial charge < -0.3 is 19.8 Å². The molecule has 96 valence electrons. The predicted octanol–water partition coefficient (Wildman–Crippen LogP) is 1.32. The van der Waals surface area contributed by atoms with Gasteiger partial charge in [-0.25, -0.2) is 0 Å². The van der Waals surface area contributed by atoms with Crippen molar-refractivity contribution in [3.05, 3.63) is 22.1 Å². The van der Waals surface area contributed by atoms with Crippen LogP contribution in [0, 0.1) is 6.92 Å². The molecule has 1 rings (SSSR count). The maximum absolute atomic E-state index is 11.7. The van der Waals surface area contributed by atoms with Crippen molar-refractivity contribution < 1.29 is 13.9 Å². The van der Waals surface area contributed by atoms with Crippen molar-refractivity contribution in [1.29, 1.82) is 0 Å². The molecule has 0 unspecified atom stereocenters. The van der Waals surface area contributed by atoms with Crippen molar-refractivity contribution in [2.75, 3.05) is 33.4 Å². The molecule has 1 aromatic heterocycles. The summed E-state index contributed by atoms with van der Waals surface area (Å²) in [6.45, 7) is 4.53. The van der Waals surface area contributed by atoms with E-state index in [0.29, 0.717) is 30.1 Å². The molecule has 2 N–H and O–H groups in total. The molecule has 0 aliphatic heterocycles. The van der Waals surface area contributed by atoms with Crippen molar-refractivity contribution in [3.8, 4) is 0 Å². The summed E-state index contributed by atoms with van der Waals surface area (Å²) in [5.41, 5.74) is 0.821. The lowest BCUT2D eigenvalue weighted by Crippen LogP contribution is -2.33. The van der Waals surface area contributed by atoms with E-state index in [2.05, 4.69) is 26.6 Å². The molecule has 0 saturated carbocycles. The number of aryl methyl sites for hydroxylation is 1. The van der Waals surface area contributed by atoms with Gasteiger partial charge in [0.05, 0.1) is 6.61 Å². The van der Waals surface area contributed by atoms with Crippen LogP contribution in [-0.4, -0.2) is 39.3 Å². The molecule has 0 atom stereocenters. The summed E-state index contributed by atoms with van der Waals surface area (Å²) < 4.78 is 10.7. The van der Waals surface area contributed by atoms with Crippen LogP contribution in [-0.2, 0) is 4.74 Å². The summed E-state index contributed by atoms with van der Waals surface area (Å²) in [4.78, 5) is 11.7. The number of rotatable bonds is 7. The van der Waals surface area contributed by atoms with E-state index in [0.717, 1.165) is 12.1 Å². The minimum Gasteiger partial charge on any atom is -0.444 e. The molecule has 0 aromatic carbocycles. The third-order valence-electron chi connectivity index (χ3n) is 2.16. The van der Waals surface area contributed by atoms with E-state index in [1.807, 2.05) is 6.92 Å². The molecule has 17 heavy (non-hydrogen) atoms. The van der Waals surface area contributed by atoms with Crippen molar-refractivity contribution in [2.24, 2.45) is 0 Å². The summed E-state index contributed by atoms with van der Waals surface area (Å²) in [5.74, 6) is 0.163. The molecule has 0 radical (unpaired) electrons. The van der Waals surface area contributed by atoms with Gasteiger partial charge in [-0.1, -0.05) is 0 Å². The fourth-order valence-corrected chi connectivity index (χ4v) is 1.82. The molecule has 0 aliphatic carbocycles. The summed E-state index contributed by atoms with van der Waals surface area (Å²) in [7, 11) is 1.65. The van der Waals surface area contributed by atoms with Crippen LogP contribution in [0.3, 0.4) is 0 Å². The quantitative estimate of drug-likeness (QED) is 0.746. The Balaban J connectivity index is 2.23. The molecule has 0 saturated heterocycles. The second-order valence-electron chi connectivity index (χ2n) is 3.56. The number of hydrogen-bond acceptors (Lipinski definition) is 4. The monoisotopic (exact) mass is 304 g/mol. The molecule has 6 heteroatoms. The normalized spacial score (nSPS) is 10.5. The Morgan fingerprint density at radius 1 is 1.47 bits per heavy atom. The van der Waals surface area contributed by atoms with E-state index in [-0.39, 0.29) is 5.91 Å². The Kier molecular flexibility index (Phi) is 6.25. The Bertz CT molecular complexity index is 366. The zero-order valence-corrected chi connectivity index (χ0v) is 11.6. The molecule has 0 aliphatic rings. The van der Waals surface area contributed by atoms with Crippen LogP contribution in [0.15, 0.2) is 15.2 Å². The second kappa shape index (κ2) is 7.47. The van der Waals surface area contributed by atoms with E-state index in [4.69, 9.17) is 9.15 Å². The van der Waals surface area contributed by atoms with Crippen LogP contribution in [0.5, 0.6) is 0 Å². The lowest BCUT2D eigenvalue weighted by atomic mass is 10.3. The van der Waals surface area contributed by atoms with E-state index in [1.54, 1.807) is 13.2 Å². The topological polar surface area (TPSA) is 63.5 Å². The van der Waals surface area contributed by atoms with Crippen LogP contribution < -0.4 is 10.6 Å².